The number of hydrogen-bond donors (Lipinski definition) is 0. The van der Waals surface area contributed by atoms with E-state index < -0.39 is 65.4 Å². The van der Waals surface area contributed by atoms with E-state index in [1.54, 1.807) is 0 Å². The molecule has 2 heterocycles. The standard InChI is InChI=1S/C32H31F7O5/c1-2-3-4-5-18-6-9-24(26(34)10-18)32(38,39)44-22-16-42-31(43-17-22)21-14-40-30(41-15-21)19-7-8-23(25(33)11-19)20-12-27(35)29(37)28(36)13-20/h6-13,21-22,30-31H,2-5,14-17H2,1H3. The Hall–Kier alpha value is -3.03. The van der Waals surface area contributed by atoms with Gasteiger partial charge in [0.25, 0.3) is 0 Å². The Morgan fingerprint density at radius 1 is 0.750 bits per heavy atom. The molecular weight excluding hydrogens is 597 g/mol. The summed E-state index contributed by atoms with van der Waals surface area (Å²) in [7, 11) is 0. The average molecular weight is 629 g/mol. The van der Waals surface area contributed by atoms with Crippen molar-refractivity contribution in [1.29, 1.82) is 0 Å². The molecule has 5 nitrogen and oxygen atoms in total. The van der Waals surface area contributed by atoms with Crippen LogP contribution in [0.15, 0.2) is 48.5 Å². The molecule has 0 radical (unpaired) electrons. The molecule has 2 aliphatic rings. The molecule has 2 fully saturated rings. The maximum Gasteiger partial charge on any atom is 0.386 e. The molecule has 238 valence electrons. The molecule has 2 aliphatic heterocycles. The summed E-state index contributed by atoms with van der Waals surface area (Å²) in [5.41, 5.74) is -0.254. The molecule has 0 bridgehead atoms. The third-order valence-electron chi connectivity index (χ3n) is 7.49. The molecule has 12 heteroatoms. The normalized spacial score (nSPS) is 22.7. The number of unbranched alkanes of at least 4 members (excludes halogenated alkanes) is 2. The molecular formula is C32H31F7O5. The second kappa shape index (κ2) is 13.9. The van der Waals surface area contributed by atoms with E-state index >= 15 is 0 Å². The Morgan fingerprint density at radius 3 is 2.05 bits per heavy atom. The quantitative estimate of drug-likeness (QED) is 0.130. The Kier molecular flexibility index (Phi) is 10.3. The highest BCUT2D eigenvalue weighted by molar-refractivity contribution is 5.64. The van der Waals surface area contributed by atoms with Crippen LogP contribution >= 0.6 is 0 Å². The van der Waals surface area contributed by atoms with Crippen molar-refractivity contribution in [2.24, 2.45) is 5.92 Å². The Bertz CT molecular complexity index is 1410. The summed E-state index contributed by atoms with van der Waals surface area (Å²) in [6, 6.07) is 8.81. The third-order valence-corrected chi connectivity index (χ3v) is 7.49. The second-order valence-electron chi connectivity index (χ2n) is 10.8. The summed E-state index contributed by atoms with van der Waals surface area (Å²) in [6.07, 6.45) is -3.48. The number of benzene rings is 3. The fourth-order valence-corrected chi connectivity index (χ4v) is 5.13. The summed E-state index contributed by atoms with van der Waals surface area (Å²) in [5, 5.41) is 0. The van der Waals surface area contributed by atoms with Gasteiger partial charge in [0.1, 0.15) is 17.7 Å². The smallest absolute Gasteiger partial charge is 0.349 e. The largest absolute Gasteiger partial charge is 0.386 e. The molecule has 5 rings (SSSR count). The van der Waals surface area contributed by atoms with E-state index in [0.29, 0.717) is 24.1 Å². The zero-order valence-corrected chi connectivity index (χ0v) is 23.8. The number of hydrogen-bond acceptors (Lipinski definition) is 5. The molecule has 3 aromatic carbocycles. The van der Waals surface area contributed by atoms with Gasteiger partial charge >= 0.3 is 6.11 Å². The maximum atomic E-state index is 14.8. The minimum absolute atomic E-state index is 0.0601. The second-order valence-corrected chi connectivity index (χ2v) is 10.8. The highest BCUT2D eigenvalue weighted by Crippen LogP contribution is 2.36. The van der Waals surface area contributed by atoms with Gasteiger partial charge in [-0.2, -0.15) is 8.78 Å². The zero-order chi connectivity index (χ0) is 31.4. The van der Waals surface area contributed by atoms with Gasteiger partial charge < -0.3 is 23.7 Å². The highest BCUT2D eigenvalue weighted by atomic mass is 19.3. The molecule has 0 spiro atoms. The van der Waals surface area contributed by atoms with Crippen LogP contribution in [-0.4, -0.2) is 38.8 Å². The number of aryl methyl sites for hydroxylation is 1. The number of rotatable bonds is 10. The monoisotopic (exact) mass is 628 g/mol. The highest BCUT2D eigenvalue weighted by Gasteiger charge is 2.42. The lowest BCUT2D eigenvalue weighted by atomic mass is 10.0. The van der Waals surface area contributed by atoms with Crippen molar-refractivity contribution < 1.29 is 54.4 Å². The fourth-order valence-electron chi connectivity index (χ4n) is 5.13. The topological polar surface area (TPSA) is 46.2 Å². The lowest BCUT2D eigenvalue weighted by Gasteiger charge is -2.38. The predicted octanol–water partition coefficient (Wildman–Crippen LogP) is 7.95. The van der Waals surface area contributed by atoms with Crippen LogP contribution in [0, 0.1) is 35.0 Å². The van der Waals surface area contributed by atoms with Crippen LogP contribution in [0.5, 0.6) is 0 Å². The van der Waals surface area contributed by atoms with E-state index in [1.165, 1.54) is 18.2 Å². The minimum Gasteiger partial charge on any atom is -0.349 e. The molecule has 2 saturated heterocycles. The first-order valence-electron chi connectivity index (χ1n) is 14.3. The molecule has 0 N–H and O–H groups in total. The molecule has 0 aliphatic carbocycles. The van der Waals surface area contributed by atoms with Gasteiger partial charge in [-0.15, -0.1) is 0 Å². The van der Waals surface area contributed by atoms with Gasteiger partial charge in [-0.05, 0) is 54.3 Å². The first kappa shape index (κ1) is 32.4. The molecule has 0 aromatic heterocycles. The third kappa shape index (κ3) is 7.43. The fraction of sp³-hybridized carbons (Fsp3) is 0.438. The lowest BCUT2D eigenvalue weighted by molar-refractivity contribution is -0.336. The van der Waals surface area contributed by atoms with Crippen molar-refractivity contribution >= 4 is 0 Å². The van der Waals surface area contributed by atoms with E-state index in [1.807, 2.05) is 6.92 Å². The number of halogens is 7. The van der Waals surface area contributed by atoms with Crippen LogP contribution in [-0.2, 0) is 36.2 Å². The SMILES string of the molecule is CCCCCc1ccc(C(F)(F)OC2COC(C3COC(c4ccc(-c5cc(F)c(F)c(F)c5)c(F)c4)OC3)OC2)c(F)c1. The summed E-state index contributed by atoms with van der Waals surface area (Å²) in [6.45, 7) is 1.67. The summed E-state index contributed by atoms with van der Waals surface area (Å²) >= 11 is 0. The van der Waals surface area contributed by atoms with Crippen LogP contribution in [0.1, 0.15) is 49.2 Å². The Labute approximate surface area is 249 Å². The first-order valence-corrected chi connectivity index (χ1v) is 14.3. The summed E-state index contributed by atoms with van der Waals surface area (Å²) in [5.74, 6) is -6.84. The zero-order valence-electron chi connectivity index (χ0n) is 23.8. The van der Waals surface area contributed by atoms with Crippen LogP contribution < -0.4 is 0 Å². The molecule has 0 atom stereocenters. The van der Waals surface area contributed by atoms with Gasteiger partial charge in [-0.25, -0.2) is 22.0 Å². The lowest BCUT2D eigenvalue weighted by Crippen LogP contribution is -2.46. The Balaban J connectivity index is 1.11. The van der Waals surface area contributed by atoms with Crippen molar-refractivity contribution in [3.05, 3.63) is 94.3 Å². The van der Waals surface area contributed by atoms with E-state index in [4.69, 9.17) is 23.7 Å². The van der Waals surface area contributed by atoms with Crippen molar-refractivity contribution in [1.82, 2.24) is 0 Å². The maximum absolute atomic E-state index is 14.8. The van der Waals surface area contributed by atoms with Crippen LogP contribution in [0.3, 0.4) is 0 Å². The van der Waals surface area contributed by atoms with Gasteiger partial charge in [0.05, 0.1) is 37.9 Å². The van der Waals surface area contributed by atoms with E-state index in [-0.39, 0.29) is 43.1 Å². The first-order chi connectivity index (χ1) is 21.1. The van der Waals surface area contributed by atoms with Crippen LogP contribution in [0.25, 0.3) is 11.1 Å². The van der Waals surface area contributed by atoms with Crippen molar-refractivity contribution in [3.8, 4) is 11.1 Å². The van der Waals surface area contributed by atoms with E-state index in [9.17, 15) is 30.7 Å². The molecule has 0 amide bonds. The molecule has 44 heavy (non-hydrogen) atoms. The minimum atomic E-state index is -3.90. The van der Waals surface area contributed by atoms with Crippen molar-refractivity contribution in [2.75, 3.05) is 26.4 Å². The van der Waals surface area contributed by atoms with Crippen molar-refractivity contribution in [2.45, 2.75) is 57.4 Å². The summed E-state index contributed by atoms with van der Waals surface area (Å²) in [4.78, 5) is 0. The molecule has 0 unspecified atom stereocenters. The van der Waals surface area contributed by atoms with Gasteiger partial charge in [-0.3, -0.25) is 0 Å². The van der Waals surface area contributed by atoms with E-state index in [0.717, 1.165) is 37.5 Å². The van der Waals surface area contributed by atoms with Gasteiger partial charge in [-0.1, -0.05) is 38.0 Å². The average Bonchev–Trinajstić information content (AvgIpc) is 3.00. The molecule has 3 aromatic rings. The van der Waals surface area contributed by atoms with Crippen molar-refractivity contribution in [3.63, 3.8) is 0 Å². The van der Waals surface area contributed by atoms with Crippen LogP contribution in [0.2, 0.25) is 0 Å². The predicted molar refractivity (Wildman–Crippen MR) is 144 cm³/mol. The van der Waals surface area contributed by atoms with Gasteiger partial charge in [0.2, 0.25) is 0 Å². The van der Waals surface area contributed by atoms with E-state index in [2.05, 4.69) is 0 Å². The molecule has 0 saturated carbocycles. The van der Waals surface area contributed by atoms with Gasteiger partial charge in [0, 0.05) is 11.1 Å². The Morgan fingerprint density at radius 2 is 1.43 bits per heavy atom. The number of alkyl halides is 2. The summed E-state index contributed by atoms with van der Waals surface area (Å²) < 4.78 is 127. The number of ether oxygens (including phenoxy) is 5. The van der Waals surface area contributed by atoms with Crippen LogP contribution in [0.4, 0.5) is 30.7 Å². The van der Waals surface area contributed by atoms with Gasteiger partial charge in [0.15, 0.2) is 30.0 Å².